The van der Waals surface area contributed by atoms with Crippen molar-refractivity contribution in [3.63, 3.8) is 0 Å². The summed E-state index contributed by atoms with van der Waals surface area (Å²) in [7, 11) is 3.09. The number of nitrogens with zero attached hydrogens (tertiary/aromatic N) is 1. The second-order valence-electron chi connectivity index (χ2n) is 7.64. The van der Waals surface area contributed by atoms with Gasteiger partial charge in [-0.25, -0.2) is 0 Å². The van der Waals surface area contributed by atoms with Crippen molar-refractivity contribution in [1.29, 1.82) is 0 Å². The zero-order valence-electron chi connectivity index (χ0n) is 16.0. The molecule has 0 spiro atoms. The minimum atomic E-state index is -0.435. The van der Waals surface area contributed by atoms with Crippen LogP contribution < -0.4 is 14.8 Å². The Morgan fingerprint density at radius 1 is 1.19 bits per heavy atom. The zero-order chi connectivity index (χ0) is 19.1. The molecule has 2 fully saturated rings. The first-order valence-corrected chi connectivity index (χ1v) is 10.6. The number of nitrogens with one attached hydrogen (secondary N) is 1. The van der Waals surface area contributed by atoms with Gasteiger partial charge in [-0.15, -0.1) is 11.8 Å². The molecule has 146 valence electrons. The van der Waals surface area contributed by atoms with Gasteiger partial charge in [-0.1, -0.05) is 13.0 Å². The molecule has 3 aliphatic rings. The predicted octanol–water partition coefficient (Wildman–Crippen LogP) is 2.97. The van der Waals surface area contributed by atoms with Gasteiger partial charge in [0.05, 0.1) is 19.8 Å². The largest absolute Gasteiger partial charge is 0.493 e. The first-order chi connectivity index (χ1) is 13.0. The fourth-order valence-corrected chi connectivity index (χ4v) is 5.85. The van der Waals surface area contributed by atoms with Crippen LogP contribution in [-0.2, 0) is 4.79 Å². The average molecular weight is 391 g/mol. The second kappa shape index (κ2) is 7.26. The summed E-state index contributed by atoms with van der Waals surface area (Å²) in [5, 5.41) is 3.06. The van der Waals surface area contributed by atoms with E-state index in [1.165, 1.54) is 7.11 Å². The van der Waals surface area contributed by atoms with Crippen LogP contribution in [-0.4, -0.2) is 48.8 Å². The third kappa shape index (κ3) is 3.06. The maximum absolute atomic E-state index is 13.2. The summed E-state index contributed by atoms with van der Waals surface area (Å²) >= 11 is 1.64. The second-order valence-corrected chi connectivity index (χ2v) is 8.76. The summed E-state index contributed by atoms with van der Waals surface area (Å²) in [5.74, 6) is 2.18. The van der Waals surface area contributed by atoms with Crippen molar-refractivity contribution in [3.05, 3.63) is 23.3 Å². The third-order valence-corrected chi connectivity index (χ3v) is 7.26. The number of rotatable bonds is 4. The molecule has 6 nitrogen and oxygen atoms in total. The molecule has 4 rings (SSSR count). The molecule has 1 saturated heterocycles. The molecule has 0 aromatic heterocycles. The van der Waals surface area contributed by atoms with Gasteiger partial charge in [0.1, 0.15) is 11.4 Å². The van der Waals surface area contributed by atoms with E-state index < -0.39 is 6.04 Å². The van der Waals surface area contributed by atoms with Gasteiger partial charge in [-0.3, -0.25) is 9.59 Å². The highest BCUT2D eigenvalue weighted by atomic mass is 32.2. The quantitative estimate of drug-likeness (QED) is 0.856. The molecule has 1 N–H and O–H groups in total. The molecule has 2 aliphatic heterocycles. The summed E-state index contributed by atoms with van der Waals surface area (Å²) < 4.78 is 10.8. The van der Waals surface area contributed by atoms with Gasteiger partial charge in [-0.05, 0) is 37.7 Å². The minimum Gasteiger partial charge on any atom is -0.493 e. The maximum Gasteiger partial charge on any atom is 0.260 e. The van der Waals surface area contributed by atoms with E-state index >= 15 is 0 Å². The number of benzene rings is 1. The van der Waals surface area contributed by atoms with Crippen molar-refractivity contribution in [3.8, 4) is 11.5 Å². The Bertz CT molecular complexity index is 761. The Hall–Kier alpha value is -1.89. The van der Waals surface area contributed by atoms with Crippen LogP contribution in [0.25, 0.3) is 0 Å². The molecule has 1 aromatic carbocycles. The van der Waals surface area contributed by atoms with Crippen molar-refractivity contribution in [2.75, 3.05) is 20.0 Å². The third-order valence-electron chi connectivity index (χ3n) is 5.96. The number of carbonyl (C=O) groups is 2. The molecule has 2 amide bonds. The monoisotopic (exact) mass is 390 g/mol. The predicted molar refractivity (Wildman–Crippen MR) is 104 cm³/mol. The molecular weight excluding hydrogens is 364 g/mol. The number of carbonyl (C=O) groups excluding carboxylic acids is 2. The van der Waals surface area contributed by atoms with Gasteiger partial charge in [-0.2, -0.15) is 0 Å². The molecule has 7 heteroatoms. The molecule has 0 radical (unpaired) electrons. The standard InChI is InChI=1S/C20H26N2O4S/c1-11-4-6-12(7-5-11)21-18(23)14-10-27-20-13-8-9-15(25-2)17(26-3)16(13)19(24)22(14)20/h8-9,11-12,14,20H,4-7,10H2,1-3H3,(H,21,23). The van der Waals surface area contributed by atoms with E-state index in [1.54, 1.807) is 23.8 Å². The number of methoxy groups -OCH3 is 2. The van der Waals surface area contributed by atoms with Crippen LogP contribution >= 0.6 is 11.8 Å². The normalized spacial score (nSPS) is 29.3. The van der Waals surface area contributed by atoms with E-state index in [0.717, 1.165) is 37.2 Å². The van der Waals surface area contributed by atoms with Crippen LogP contribution in [0.4, 0.5) is 0 Å². The summed E-state index contributed by atoms with van der Waals surface area (Å²) in [6.45, 7) is 2.26. The Kier molecular flexibility index (Phi) is 4.97. The van der Waals surface area contributed by atoms with E-state index in [4.69, 9.17) is 9.47 Å². The van der Waals surface area contributed by atoms with Gasteiger partial charge in [0.15, 0.2) is 11.5 Å². The molecule has 1 aliphatic carbocycles. The molecule has 2 heterocycles. The Labute approximate surface area is 164 Å². The Morgan fingerprint density at radius 2 is 1.93 bits per heavy atom. The smallest absolute Gasteiger partial charge is 0.260 e. The first-order valence-electron chi connectivity index (χ1n) is 9.54. The van der Waals surface area contributed by atoms with E-state index in [1.807, 2.05) is 12.1 Å². The van der Waals surface area contributed by atoms with Gasteiger partial charge in [0.2, 0.25) is 5.91 Å². The van der Waals surface area contributed by atoms with E-state index in [-0.39, 0.29) is 23.2 Å². The lowest BCUT2D eigenvalue weighted by molar-refractivity contribution is -0.125. The maximum atomic E-state index is 13.2. The van der Waals surface area contributed by atoms with Crippen LogP contribution in [0.1, 0.15) is 53.9 Å². The highest BCUT2D eigenvalue weighted by Gasteiger charge is 2.50. The van der Waals surface area contributed by atoms with E-state index in [9.17, 15) is 9.59 Å². The van der Waals surface area contributed by atoms with Crippen LogP contribution in [0.3, 0.4) is 0 Å². The summed E-state index contributed by atoms with van der Waals surface area (Å²) in [6.07, 6.45) is 4.35. The fourth-order valence-electron chi connectivity index (χ4n) is 4.40. The highest BCUT2D eigenvalue weighted by molar-refractivity contribution is 7.99. The topological polar surface area (TPSA) is 67.9 Å². The van der Waals surface area contributed by atoms with Gasteiger partial charge in [0.25, 0.3) is 5.91 Å². The van der Waals surface area contributed by atoms with Gasteiger partial charge >= 0.3 is 0 Å². The molecule has 1 aromatic rings. The molecule has 1 saturated carbocycles. The SMILES string of the molecule is COc1ccc2c(c1OC)C(=O)N1C(C(=O)NC3CCC(C)CC3)CSC21. The summed E-state index contributed by atoms with van der Waals surface area (Å²) in [5.41, 5.74) is 1.43. The molecule has 2 unspecified atom stereocenters. The van der Waals surface area contributed by atoms with E-state index in [2.05, 4.69) is 12.2 Å². The lowest BCUT2D eigenvalue weighted by Crippen LogP contribution is -2.49. The van der Waals surface area contributed by atoms with Crippen LogP contribution in [0, 0.1) is 5.92 Å². The van der Waals surface area contributed by atoms with Crippen LogP contribution in [0.15, 0.2) is 12.1 Å². The van der Waals surface area contributed by atoms with Crippen molar-refractivity contribution in [2.24, 2.45) is 5.92 Å². The number of amides is 2. The first kappa shape index (κ1) is 18.5. The lowest BCUT2D eigenvalue weighted by atomic mass is 9.87. The number of hydrogen-bond donors (Lipinski definition) is 1. The lowest BCUT2D eigenvalue weighted by Gasteiger charge is -2.29. The minimum absolute atomic E-state index is 0.0309. The molecule has 2 atom stereocenters. The highest BCUT2D eigenvalue weighted by Crippen LogP contribution is 2.52. The number of thioether (sulfide) groups is 1. The Balaban J connectivity index is 1.54. The number of hydrogen-bond acceptors (Lipinski definition) is 5. The van der Waals surface area contributed by atoms with Crippen molar-refractivity contribution >= 4 is 23.6 Å². The van der Waals surface area contributed by atoms with Gasteiger partial charge in [0, 0.05) is 17.4 Å². The Morgan fingerprint density at radius 3 is 2.59 bits per heavy atom. The summed E-state index contributed by atoms with van der Waals surface area (Å²) in [4.78, 5) is 27.8. The molecule has 0 bridgehead atoms. The number of ether oxygens (including phenoxy) is 2. The van der Waals surface area contributed by atoms with Gasteiger partial charge < -0.3 is 19.7 Å². The number of fused-ring (bicyclic) bond motifs is 3. The zero-order valence-corrected chi connectivity index (χ0v) is 16.8. The van der Waals surface area contributed by atoms with Crippen molar-refractivity contribution in [1.82, 2.24) is 10.2 Å². The van der Waals surface area contributed by atoms with E-state index in [0.29, 0.717) is 22.8 Å². The molecule has 27 heavy (non-hydrogen) atoms. The van der Waals surface area contributed by atoms with Crippen LogP contribution in [0.2, 0.25) is 0 Å². The van der Waals surface area contributed by atoms with Crippen LogP contribution in [0.5, 0.6) is 11.5 Å². The van der Waals surface area contributed by atoms with Crippen molar-refractivity contribution < 1.29 is 19.1 Å². The fraction of sp³-hybridized carbons (Fsp3) is 0.600. The van der Waals surface area contributed by atoms with Crippen molar-refractivity contribution in [2.45, 2.75) is 50.1 Å². The average Bonchev–Trinajstić information content (AvgIpc) is 3.23. The molecular formula is C20H26N2O4S. The summed E-state index contributed by atoms with van der Waals surface area (Å²) in [6, 6.07) is 3.53.